The maximum Gasteiger partial charge on any atom is 0.325 e. The van der Waals surface area contributed by atoms with Crippen molar-refractivity contribution in [3.8, 4) is 0 Å². The first-order valence-electron chi connectivity index (χ1n) is 11.1. The second kappa shape index (κ2) is 9.81. The van der Waals surface area contributed by atoms with Crippen LogP contribution in [0.4, 0.5) is 0 Å². The SMILES string of the molecule is CCc1ccc2c(c1)sc(=NC(=O)C1CCCN1S(=O)(=O)c1ccc(C)cc1)n2CC(=O)OC. The summed E-state index contributed by atoms with van der Waals surface area (Å²) in [7, 11) is -2.53. The first-order chi connectivity index (χ1) is 16.2. The molecule has 4 rings (SSSR count). The molecule has 8 nitrogen and oxygen atoms in total. The number of hydrogen-bond donors (Lipinski definition) is 0. The van der Waals surface area contributed by atoms with Crippen LogP contribution in [0.15, 0.2) is 52.4 Å². The minimum atomic E-state index is -3.83. The van der Waals surface area contributed by atoms with Gasteiger partial charge in [-0.05, 0) is 56.0 Å². The number of carbonyl (C=O) groups excluding carboxylic acids is 2. The number of fused-ring (bicyclic) bond motifs is 1. The van der Waals surface area contributed by atoms with Gasteiger partial charge in [-0.1, -0.05) is 42.0 Å². The summed E-state index contributed by atoms with van der Waals surface area (Å²) in [5, 5.41) is 0. The van der Waals surface area contributed by atoms with E-state index in [0.717, 1.165) is 27.8 Å². The van der Waals surface area contributed by atoms with E-state index in [0.29, 0.717) is 17.6 Å². The van der Waals surface area contributed by atoms with Crippen molar-refractivity contribution >= 4 is 43.5 Å². The quantitative estimate of drug-likeness (QED) is 0.484. The Kier molecular flexibility index (Phi) is 7.01. The number of ether oxygens (including phenoxy) is 1. The van der Waals surface area contributed by atoms with Crippen LogP contribution in [-0.4, -0.2) is 48.9 Å². The molecule has 0 aliphatic carbocycles. The van der Waals surface area contributed by atoms with Crippen LogP contribution >= 0.6 is 11.3 Å². The summed E-state index contributed by atoms with van der Waals surface area (Å²) in [4.78, 5) is 30.1. The van der Waals surface area contributed by atoms with Gasteiger partial charge in [-0.25, -0.2) is 8.42 Å². The van der Waals surface area contributed by atoms with Gasteiger partial charge in [0.25, 0.3) is 5.91 Å². The maximum absolute atomic E-state index is 13.3. The minimum absolute atomic E-state index is 0.0931. The molecule has 180 valence electrons. The molecule has 0 bridgehead atoms. The zero-order chi connectivity index (χ0) is 24.5. The van der Waals surface area contributed by atoms with Gasteiger partial charge in [-0.3, -0.25) is 9.59 Å². The zero-order valence-electron chi connectivity index (χ0n) is 19.4. The smallest absolute Gasteiger partial charge is 0.325 e. The van der Waals surface area contributed by atoms with Crippen LogP contribution in [0.5, 0.6) is 0 Å². The van der Waals surface area contributed by atoms with Crippen molar-refractivity contribution in [1.82, 2.24) is 8.87 Å². The van der Waals surface area contributed by atoms with Gasteiger partial charge in [0.2, 0.25) is 10.0 Å². The number of aryl methyl sites for hydroxylation is 2. The van der Waals surface area contributed by atoms with E-state index in [4.69, 9.17) is 4.74 Å². The van der Waals surface area contributed by atoms with Crippen LogP contribution in [0.3, 0.4) is 0 Å². The fourth-order valence-corrected chi connectivity index (χ4v) is 6.81. The summed E-state index contributed by atoms with van der Waals surface area (Å²) in [6.07, 6.45) is 1.82. The van der Waals surface area contributed by atoms with Crippen molar-refractivity contribution in [2.75, 3.05) is 13.7 Å². The van der Waals surface area contributed by atoms with Crippen molar-refractivity contribution in [3.63, 3.8) is 0 Å². The molecular weight excluding hydrogens is 474 g/mol. The van der Waals surface area contributed by atoms with Crippen molar-refractivity contribution in [2.45, 2.75) is 50.6 Å². The number of esters is 1. The van der Waals surface area contributed by atoms with Gasteiger partial charge in [0.1, 0.15) is 12.6 Å². The van der Waals surface area contributed by atoms with Crippen molar-refractivity contribution in [1.29, 1.82) is 0 Å². The van der Waals surface area contributed by atoms with E-state index in [-0.39, 0.29) is 18.0 Å². The van der Waals surface area contributed by atoms with Crippen LogP contribution in [-0.2, 0) is 37.3 Å². The third kappa shape index (κ3) is 4.70. The molecule has 1 unspecified atom stereocenters. The molecule has 1 saturated heterocycles. The van der Waals surface area contributed by atoms with Crippen LogP contribution in [0.1, 0.15) is 30.9 Å². The number of benzene rings is 2. The summed E-state index contributed by atoms with van der Waals surface area (Å²) >= 11 is 1.30. The number of aromatic nitrogens is 1. The third-order valence-electron chi connectivity index (χ3n) is 5.99. The lowest BCUT2D eigenvalue weighted by Crippen LogP contribution is -2.40. The van der Waals surface area contributed by atoms with Gasteiger partial charge >= 0.3 is 5.97 Å². The van der Waals surface area contributed by atoms with Crippen LogP contribution in [0.25, 0.3) is 10.2 Å². The molecule has 2 aromatic carbocycles. The summed E-state index contributed by atoms with van der Waals surface area (Å²) < 4.78 is 35.1. The highest BCUT2D eigenvalue weighted by Crippen LogP contribution is 2.27. The Balaban J connectivity index is 1.73. The van der Waals surface area contributed by atoms with Crippen molar-refractivity contribution in [2.24, 2.45) is 4.99 Å². The van der Waals surface area contributed by atoms with E-state index in [1.54, 1.807) is 28.8 Å². The molecule has 1 amide bonds. The maximum atomic E-state index is 13.3. The minimum Gasteiger partial charge on any atom is -0.468 e. The van der Waals surface area contributed by atoms with Gasteiger partial charge in [-0.15, -0.1) is 0 Å². The van der Waals surface area contributed by atoms with Crippen LogP contribution < -0.4 is 4.80 Å². The average Bonchev–Trinajstić information content (AvgIpc) is 3.45. The highest BCUT2D eigenvalue weighted by atomic mass is 32.2. The lowest BCUT2D eigenvalue weighted by atomic mass is 10.2. The fraction of sp³-hybridized carbons (Fsp3) is 0.375. The standard InChI is InChI=1S/C24H27N3O5S2/c1-4-17-9-12-19-21(14-17)33-24(26(19)15-22(28)32-3)25-23(29)20-6-5-13-27(20)34(30,31)18-10-7-16(2)8-11-18/h7-12,14,20H,4-6,13,15H2,1-3H3. The van der Waals surface area contributed by atoms with E-state index < -0.39 is 27.9 Å². The lowest BCUT2D eigenvalue weighted by molar-refractivity contribution is -0.141. The van der Waals surface area contributed by atoms with Crippen LogP contribution in [0.2, 0.25) is 0 Å². The molecule has 2 heterocycles. The highest BCUT2D eigenvalue weighted by molar-refractivity contribution is 7.89. The number of rotatable bonds is 6. The molecule has 0 N–H and O–H groups in total. The first kappa shape index (κ1) is 24.3. The Bertz CT molecular complexity index is 1400. The Labute approximate surface area is 202 Å². The van der Waals surface area contributed by atoms with E-state index in [9.17, 15) is 18.0 Å². The largest absolute Gasteiger partial charge is 0.468 e. The van der Waals surface area contributed by atoms with Gasteiger partial charge in [0, 0.05) is 6.54 Å². The van der Waals surface area contributed by atoms with Crippen molar-refractivity contribution in [3.05, 3.63) is 58.4 Å². The molecule has 3 aromatic rings. The lowest BCUT2D eigenvalue weighted by Gasteiger charge is -2.21. The number of amides is 1. The highest BCUT2D eigenvalue weighted by Gasteiger charge is 2.39. The van der Waals surface area contributed by atoms with E-state index in [1.165, 1.54) is 22.8 Å². The van der Waals surface area contributed by atoms with Crippen LogP contribution in [0, 0.1) is 6.92 Å². The summed E-state index contributed by atoms with van der Waals surface area (Å²) in [6, 6.07) is 11.6. The predicted octanol–water partition coefficient (Wildman–Crippen LogP) is 3.03. The second-order valence-electron chi connectivity index (χ2n) is 8.24. The molecule has 1 atom stereocenters. The number of carbonyl (C=O) groups is 2. The molecule has 10 heteroatoms. The van der Waals surface area contributed by atoms with E-state index >= 15 is 0 Å². The van der Waals surface area contributed by atoms with Gasteiger partial charge in [0.05, 0.1) is 22.2 Å². The molecule has 1 aliphatic heterocycles. The molecule has 1 aromatic heterocycles. The molecule has 34 heavy (non-hydrogen) atoms. The molecule has 1 aliphatic rings. The first-order valence-corrected chi connectivity index (χ1v) is 13.4. The van der Waals surface area contributed by atoms with Gasteiger partial charge in [-0.2, -0.15) is 9.30 Å². The number of hydrogen-bond acceptors (Lipinski definition) is 6. The molecule has 0 spiro atoms. The van der Waals surface area contributed by atoms with E-state index in [2.05, 4.69) is 11.9 Å². The van der Waals surface area contributed by atoms with Gasteiger partial charge < -0.3 is 9.30 Å². The summed E-state index contributed by atoms with van der Waals surface area (Å²) in [5.74, 6) is -0.994. The zero-order valence-corrected chi connectivity index (χ0v) is 21.0. The number of sulfonamides is 1. The topological polar surface area (TPSA) is 98.0 Å². The predicted molar refractivity (Wildman–Crippen MR) is 130 cm³/mol. The third-order valence-corrected chi connectivity index (χ3v) is 8.96. The molecule has 1 fully saturated rings. The summed E-state index contributed by atoms with van der Waals surface area (Å²) in [6.45, 7) is 4.10. The number of methoxy groups -OCH3 is 1. The fourth-order valence-electron chi connectivity index (χ4n) is 4.06. The van der Waals surface area contributed by atoms with Gasteiger partial charge in [0.15, 0.2) is 4.80 Å². The molecule has 0 saturated carbocycles. The Morgan fingerprint density at radius 2 is 1.91 bits per heavy atom. The number of nitrogens with zero attached hydrogens (tertiary/aromatic N) is 3. The second-order valence-corrected chi connectivity index (χ2v) is 11.1. The summed E-state index contributed by atoms with van der Waals surface area (Å²) in [5.41, 5.74) is 2.85. The average molecular weight is 502 g/mol. The number of thiazole rings is 1. The Hall–Kier alpha value is -2.82. The van der Waals surface area contributed by atoms with Crippen molar-refractivity contribution < 1.29 is 22.7 Å². The molecule has 0 radical (unpaired) electrons. The Morgan fingerprint density at radius 3 is 2.59 bits per heavy atom. The van der Waals surface area contributed by atoms with E-state index in [1.807, 2.05) is 25.1 Å². The molecular formula is C24H27N3O5S2. The normalized spacial score (nSPS) is 17.4. The monoisotopic (exact) mass is 501 g/mol. The Morgan fingerprint density at radius 1 is 1.18 bits per heavy atom.